The predicted molar refractivity (Wildman–Crippen MR) is 108 cm³/mol. The number of benzene rings is 2. The largest absolute Gasteiger partial charge is 0.502 e. The van der Waals surface area contributed by atoms with Gasteiger partial charge in [-0.25, -0.2) is 5.43 Å². The van der Waals surface area contributed by atoms with Crippen molar-refractivity contribution in [1.29, 1.82) is 0 Å². The van der Waals surface area contributed by atoms with E-state index < -0.39 is 28.3 Å². The monoisotopic (exact) mass is 398 g/mol. The number of hydrazone groups is 1. The summed E-state index contributed by atoms with van der Waals surface area (Å²) in [7, 11) is 0. The molecule has 2 amide bonds. The van der Waals surface area contributed by atoms with E-state index in [2.05, 4.69) is 15.8 Å². The van der Waals surface area contributed by atoms with E-state index >= 15 is 0 Å². The average Bonchev–Trinajstić information content (AvgIpc) is 2.67. The number of phenols is 1. The minimum absolute atomic E-state index is 0.200. The Hall–Kier alpha value is -3.75. The summed E-state index contributed by atoms with van der Waals surface area (Å²) in [5, 5.41) is 26.8. The molecular formula is C20H22N4O5. The molecule has 0 aliphatic rings. The van der Waals surface area contributed by atoms with Crippen LogP contribution in [0.2, 0.25) is 0 Å². The number of nitrogens with zero attached hydrogens (tertiary/aromatic N) is 2. The van der Waals surface area contributed by atoms with Crippen LogP contribution in [0.3, 0.4) is 0 Å². The van der Waals surface area contributed by atoms with Crippen molar-refractivity contribution in [1.82, 2.24) is 10.7 Å². The van der Waals surface area contributed by atoms with Crippen molar-refractivity contribution >= 4 is 23.7 Å². The van der Waals surface area contributed by atoms with Crippen molar-refractivity contribution < 1.29 is 19.6 Å². The number of nitro groups is 1. The van der Waals surface area contributed by atoms with E-state index in [1.807, 2.05) is 6.92 Å². The van der Waals surface area contributed by atoms with Crippen LogP contribution in [0.1, 0.15) is 35.3 Å². The smallest absolute Gasteiger partial charge is 0.311 e. The van der Waals surface area contributed by atoms with E-state index in [4.69, 9.17) is 0 Å². The molecule has 0 heterocycles. The Bertz CT molecular complexity index is 938. The number of hydrogen-bond acceptors (Lipinski definition) is 6. The number of nitro benzene ring substituents is 1. The number of amides is 2. The summed E-state index contributed by atoms with van der Waals surface area (Å²) >= 11 is 0. The van der Waals surface area contributed by atoms with E-state index in [0.717, 1.165) is 11.6 Å². The van der Waals surface area contributed by atoms with Gasteiger partial charge in [-0.1, -0.05) is 31.5 Å². The highest BCUT2D eigenvalue weighted by Gasteiger charge is 2.24. The zero-order valence-corrected chi connectivity index (χ0v) is 16.2. The van der Waals surface area contributed by atoms with Gasteiger partial charge in [-0.2, -0.15) is 5.10 Å². The van der Waals surface area contributed by atoms with E-state index in [0.29, 0.717) is 11.1 Å². The number of phenolic OH excluding ortho intramolecular Hbond substituents is 1. The fourth-order valence-electron chi connectivity index (χ4n) is 2.47. The summed E-state index contributed by atoms with van der Waals surface area (Å²) in [5.41, 5.74) is 3.63. The second-order valence-electron chi connectivity index (χ2n) is 6.80. The Morgan fingerprint density at radius 2 is 1.83 bits per heavy atom. The molecule has 152 valence electrons. The molecule has 0 radical (unpaired) electrons. The van der Waals surface area contributed by atoms with Gasteiger partial charge in [0.15, 0.2) is 5.75 Å². The third-order valence-corrected chi connectivity index (χ3v) is 4.13. The molecule has 2 aromatic rings. The zero-order chi connectivity index (χ0) is 21.6. The lowest BCUT2D eigenvalue weighted by Crippen LogP contribution is -2.48. The highest BCUT2D eigenvalue weighted by molar-refractivity contribution is 5.97. The molecular weight excluding hydrogens is 376 g/mol. The summed E-state index contributed by atoms with van der Waals surface area (Å²) in [5.74, 6) is -1.56. The Morgan fingerprint density at radius 1 is 1.17 bits per heavy atom. The first kappa shape index (κ1) is 21.5. The van der Waals surface area contributed by atoms with Gasteiger partial charge in [-0.15, -0.1) is 0 Å². The summed E-state index contributed by atoms with van der Waals surface area (Å²) in [6.45, 7) is 5.48. The summed E-state index contributed by atoms with van der Waals surface area (Å²) in [6.07, 6.45) is 1.21. The standard InChI is InChI=1S/C20H22N4O5/c1-12(2)18(22-19(26)15-7-4-13(3)5-8-15)20(27)23-21-11-14-6-9-17(25)16(10-14)24(28)29/h4-12,18,25H,1-3H3,(H,22,26)(H,23,27). The van der Waals surface area contributed by atoms with Crippen molar-refractivity contribution in [2.45, 2.75) is 26.8 Å². The van der Waals surface area contributed by atoms with Gasteiger partial charge >= 0.3 is 5.69 Å². The first-order valence-corrected chi connectivity index (χ1v) is 8.87. The number of rotatable bonds is 7. The minimum atomic E-state index is -0.824. The molecule has 0 saturated heterocycles. The second kappa shape index (κ2) is 9.45. The normalized spacial score (nSPS) is 12.0. The van der Waals surface area contributed by atoms with Crippen LogP contribution in [0.15, 0.2) is 47.6 Å². The summed E-state index contributed by atoms with van der Waals surface area (Å²) in [6, 6.07) is 9.85. The molecule has 0 fully saturated rings. The molecule has 2 aromatic carbocycles. The van der Waals surface area contributed by atoms with E-state index in [-0.39, 0.29) is 11.8 Å². The van der Waals surface area contributed by atoms with Gasteiger partial charge in [0, 0.05) is 17.2 Å². The van der Waals surface area contributed by atoms with Crippen LogP contribution in [0, 0.1) is 23.0 Å². The molecule has 0 spiro atoms. The number of carbonyl (C=O) groups excluding carboxylic acids is 2. The van der Waals surface area contributed by atoms with Crippen LogP contribution in [0.4, 0.5) is 5.69 Å². The predicted octanol–water partition coefficient (Wildman–Crippen LogP) is 2.51. The molecule has 9 heteroatoms. The van der Waals surface area contributed by atoms with E-state index in [9.17, 15) is 24.8 Å². The Morgan fingerprint density at radius 3 is 2.41 bits per heavy atom. The molecule has 1 unspecified atom stereocenters. The Labute approximate surface area is 167 Å². The highest BCUT2D eigenvalue weighted by Crippen LogP contribution is 2.25. The number of hydrogen-bond donors (Lipinski definition) is 3. The molecule has 3 N–H and O–H groups in total. The summed E-state index contributed by atoms with van der Waals surface area (Å²) < 4.78 is 0. The van der Waals surface area contributed by atoms with Gasteiger partial charge in [-0.3, -0.25) is 19.7 Å². The summed E-state index contributed by atoms with van der Waals surface area (Å²) in [4.78, 5) is 35.0. The van der Waals surface area contributed by atoms with Crippen LogP contribution >= 0.6 is 0 Å². The Kier molecular flexibility index (Phi) is 7.02. The first-order chi connectivity index (χ1) is 13.7. The SMILES string of the molecule is Cc1ccc(C(=O)NC(C(=O)NN=Cc2ccc(O)c([N+](=O)[O-])c2)C(C)C)cc1. The van der Waals surface area contributed by atoms with Crippen LogP contribution < -0.4 is 10.7 Å². The second-order valence-corrected chi connectivity index (χ2v) is 6.80. The third kappa shape index (κ3) is 5.86. The van der Waals surface area contributed by atoms with Gasteiger partial charge < -0.3 is 10.4 Å². The third-order valence-electron chi connectivity index (χ3n) is 4.13. The molecule has 2 rings (SSSR count). The maximum Gasteiger partial charge on any atom is 0.311 e. The number of aromatic hydroxyl groups is 1. The van der Waals surface area contributed by atoms with Gasteiger partial charge in [-0.05, 0) is 37.1 Å². The molecule has 1 atom stereocenters. The van der Waals surface area contributed by atoms with Crippen molar-refractivity contribution in [2.75, 3.05) is 0 Å². The molecule has 0 aliphatic carbocycles. The van der Waals surface area contributed by atoms with E-state index in [1.165, 1.54) is 18.3 Å². The van der Waals surface area contributed by atoms with Gasteiger partial charge in [0.05, 0.1) is 11.1 Å². The highest BCUT2D eigenvalue weighted by atomic mass is 16.6. The number of carbonyl (C=O) groups is 2. The first-order valence-electron chi connectivity index (χ1n) is 8.87. The van der Waals surface area contributed by atoms with Crippen LogP contribution in [0.5, 0.6) is 5.75 Å². The molecule has 0 aliphatic heterocycles. The maximum atomic E-state index is 12.4. The van der Waals surface area contributed by atoms with Gasteiger partial charge in [0.2, 0.25) is 0 Å². The zero-order valence-electron chi connectivity index (χ0n) is 16.2. The maximum absolute atomic E-state index is 12.4. The lowest BCUT2D eigenvalue weighted by molar-refractivity contribution is -0.385. The van der Waals surface area contributed by atoms with E-state index in [1.54, 1.807) is 38.1 Å². The molecule has 29 heavy (non-hydrogen) atoms. The lowest BCUT2D eigenvalue weighted by atomic mass is 10.0. The van der Waals surface area contributed by atoms with Gasteiger partial charge in [0.1, 0.15) is 6.04 Å². The quantitative estimate of drug-likeness (QED) is 0.374. The number of aryl methyl sites for hydroxylation is 1. The molecule has 0 bridgehead atoms. The number of nitrogens with one attached hydrogen (secondary N) is 2. The van der Waals surface area contributed by atoms with Crippen molar-refractivity contribution in [3.8, 4) is 5.75 Å². The van der Waals surface area contributed by atoms with Crippen LogP contribution in [-0.4, -0.2) is 34.1 Å². The Balaban J connectivity index is 2.05. The topological polar surface area (TPSA) is 134 Å². The van der Waals surface area contributed by atoms with Gasteiger partial charge in [0.25, 0.3) is 11.8 Å². The van der Waals surface area contributed by atoms with Crippen molar-refractivity contribution in [2.24, 2.45) is 11.0 Å². The molecule has 0 aromatic heterocycles. The average molecular weight is 398 g/mol. The van der Waals surface area contributed by atoms with Crippen LogP contribution in [0.25, 0.3) is 0 Å². The van der Waals surface area contributed by atoms with Crippen molar-refractivity contribution in [3.63, 3.8) is 0 Å². The van der Waals surface area contributed by atoms with Crippen molar-refractivity contribution in [3.05, 3.63) is 69.3 Å². The van der Waals surface area contributed by atoms with Crippen LogP contribution in [-0.2, 0) is 4.79 Å². The molecule has 0 saturated carbocycles. The lowest BCUT2D eigenvalue weighted by Gasteiger charge is -2.20. The fourth-order valence-corrected chi connectivity index (χ4v) is 2.47. The minimum Gasteiger partial charge on any atom is -0.502 e. The molecule has 9 nitrogen and oxygen atoms in total. The fraction of sp³-hybridized carbons (Fsp3) is 0.250.